The second kappa shape index (κ2) is 6.65. The van der Waals surface area contributed by atoms with E-state index in [1.165, 1.54) is 0 Å². The summed E-state index contributed by atoms with van der Waals surface area (Å²) < 4.78 is 0. The Bertz CT molecular complexity index is 705. The van der Waals surface area contributed by atoms with E-state index in [4.69, 9.17) is 0 Å². The Balaban J connectivity index is 1.55. The topological polar surface area (TPSA) is 42.0 Å². The molecule has 3 nitrogen and oxygen atoms in total. The Morgan fingerprint density at radius 1 is 1.14 bits per heavy atom. The van der Waals surface area contributed by atoms with Crippen molar-refractivity contribution in [1.82, 2.24) is 10.3 Å². The number of aromatic nitrogens is 1. The summed E-state index contributed by atoms with van der Waals surface area (Å²) in [5.74, 6) is 0.000946. The van der Waals surface area contributed by atoms with Crippen LogP contribution in [0.1, 0.15) is 11.3 Å². The van der Waals surface area contributed by atoms with Crippen LogP contribution in [0.25, 0.3) is 10.6 Å². The van der Waals surface area contributed by atoms with Crippen molar-refractivity contribution in [3.63, 3.8) is 0 Å². The minimum absolute atomic E-state index is 0.000946. The summed E-state index contributed by atoms with van der Waals surface area (Å²) in [6.07, 6.45) is 0.327. The maximum atomic E-state index is 11.9. The highest BCUT2D eigenvalue weighted by Gasteiger charge is 2.09. The van der Waals surface area contributed by atoms with E-state index in [1.54, 1.807) is 22.7 Å². The Morgan fingerprint density at radius 2 is 2.00 bits per heavy atom. The van der Waals surface area contributed by atoms with Crippen LogP contribution in [0.4, 0.5) is 0 Å². The zero-order valence-corrected chi connectivity index (χ0v) is 12.9. The monoisotopic (exact) mass is 314 g/mol. The molecule has 106 valence electrons. The fourth-order valence-corrected chi connectivity index (χ4v) is 3.46. The number of nitrogens with one attached hydrogen (secondary N) is 1. The molecule has 0 unspecified atom stereocenters. The van der Waals surface area contributed by atoms with Crippen molar-refractivity contribution in [2.45, 2.75) is 13.0 Å². The minimum atomic E-state index is 0.000946. The Labute approximate surface area is 131 Å². The van der Waals surface area contributed by atoms with E-state index >= 15 is 0 Å². The smallest absolute Gasteiger partial charge is 0.226 e. The maximum absolute atomic E-state index is 11.9. The molecule has 3 rings (SSSR count). The van der Waals surface area contributed by atoms with Gasteiger partial charge in [0.25, 0.3) is 0 Å². The fraction of sp³-hybridized carbons (Fsp3) is 0.125. The molecule has 1 N–H and O–H groups in total. The quantitative estimate of drug-likeness (QED) is 0.779. The van der Waals surface area contributed by atoms with Gasteiger partial charge in [-0.3, -0.25) is 4.79 Å². The summed E-state index contributed by atoms with van der Waals surface area (Å²) in [6.45, 7) is 0.557. The van der Waals surface area contributed by atoms with Gasteiger partial charge in [-0.1, -0.05) is 30.3 Å². The zero-order chi connectivity index (χ0) is 14.5. The van der Waals surface area contributed by atoms with Crippen molar-refractivity contribution < 1.29 is 4.79 Å². The third-order valence-electron chi connectivity index (χ3n) is 2.99. The molecule has 0 spiro atoms. The summed E-state index contributed by atoms with van der Waals surface area (Å²) in [4.78, 5) is 16.4. The first-order chi connectivity index (χ1) is 10.3. The van der Waals surface area contributed by atoms with Crippen LogP contribution in [-0.4, -0.2) is 10.9 Å². The van der Waals surface area contributed by atoms with Crippen LogP contribution in [-0.2, 0) is 17.8 Å². The van der Waals surface area contributed by atoms with E-state index < -0.39 is 0 Å². The highest BCUT2D eigenvalue weighted by molar-refractivity contribution is 7.14. The van der Waals surface area contributed by atoms with E-state index in [0.29, 0.717) is 13.0 Å². The highest BCUT2D eigenvalue weighted by atomic mass is 32.1. The molecule has 0 saturated heterocycles. The molecular weight excluding hydrogens is 300 g/mol. The van der Waals surface area contributed by atoms with Crippen molar-refractivity contribution in [1.29, 1.82) is 0 Å². The lowest BCUT2D eigenvalue weighted by Crippen LogP contribution is -2.24. The average molecular weight is 314 g/mol. The van der Waals surface area contributed by atoms with Gasteiger partial charge in [0, 0.05) is 22.9 Å². The van der Waals surface area contributed by atoms with Gasteiger partial charge in [0.2, 0.25) is 5.91 Å². The van der Waals surface area contributed by atoms with Gasteiger partial charge in [0.1, 0.15) is 5.01 Å². The molecule has 21 heavy (non-hydrogen) atoms. The second-order valence-corrected chi connectivity index (χ2v) is 6.23. The van der Waals surface area contributed by atoms with Gasteiger partial charge in [0.15, 0.2) is 0 Å². The molecule has 1 amide bonds. The Morgan fingerprint density at radius 3 is 2.76 bits per heavy atom. The van der Waals surface area contributed by atoms with Gasteiger partial charge in [-0.25, -0.2) is 4.98 Å². The van der Waals surface area contributed by atoms with Crippen molar-refractivity contribution in [2.75, 3.05) is 0 Å². The Kier molecular flexibility index (Phi) is 4.43. The van der Waals surface area contributed by atoms with E-state index in [-0.39, 0.29) is 5.91 Å². The molecular formula is C16H14N2OS2. The number of carbonyl (C=O) groups is 1. The lowest BCUT2D eigenvalue weighted by atomic mass is 10.2. The lowest BCUT2D eigenvalue weighted by Gasteiger charge is -2.03. The second-order valence-electron chi connectivity index (χ2n) is 4.60. The van der Waals surface area contributed by atoms with Crippen molar-refractivity contribution in [2.24, 2.45) is 0 Å². The molecule has 2 heterocycles. The number of amides is 1. The molecule has 0 radical (unpaired) electrons. The van der Waals surface area contributed by atoms with Crippen molar-refractivity contribution in [3.8, 4) is 10.6 Å². The standard InChI is InChI=1S/C16H14N2OS2/c19-15(17-9-12-4-2-1-3-5-12)8-14-11-21-16(18-14)13-6-7-20-10-13/h1-7,10-11H,8-9H2,(H,17,19). The molecule has 0 aliphatic rings. The van der Waals surface area contributed by atoms with E-state index in [9.17, 15) is 4.79 Å². The number of hydrogen-bond donors (Lipinski definition) is 1. The average Bonchev–Trinajstić information content (AvgIpc) is 3.17. The van der Waals surface area contributed by atoms with Crippen molar-refractivity contribution >= 4 is 28.6 Å². The number of benzene rings is 1. The van der Waals surface area contributed by atoms with Gasteiger partial charge in [-0.05, 0) is 17.0 Å². The lowest BCUT2D eigenvalue weighted by molar-refractivity contribution is -0.120. The largest absolute Gasteiger partial charge is 0.352 e. The van der Waals surface area contributed by atoms with Crippen LogP contribution in [0.2, 0.25) is 0 Å². The Hall–Kier alpha value is -1.98. The molecule has 0 saturated carbocycles. The number of carbonyl (C=O) groups excluding carboxylic acids is 1. The van der Waals surface area contributed by atoms with E-state index in [0.717, 1.165) is 21.8 Å². The first-order valence-corrected chi connectivity index (χ1v) is 8.41. The molecule has 0 fully saturated rings. The van der Waals surface area contributed by atoms with Crippen LogP contribution in [0.3, 0.4) is 0 Å². The molecule has 5 heteroatoms. The molecule has 2 aromatic heterocycles. The van der Waals surface area contributed by atoms with Crippen LogP contribution in [0.5, 0.6) is 0 Å². The number of hydrogen-bond acceptors (Lipinski definition) is 4. The van der Waals surface area contributed by atoms with E-state index in [1.807, 2.05) is 47.2 Å². The number of nitrogens with zero attached hydrogens (tertiary/aromatic N) is 1. The van der Waals surface area contributed by atoms with E-state index in [2.05, 4.69) is 15.7 Å². The van der Waals surface area contributed by atoms with Gasteiger partial charge in [-0.2, -0.15) is 11.3 Å². The van der Waals surface area contributed by atoms with Crippen LogP contribution >= 0.6 is 22.7 Å². The van der Waals surface area contributed by atoms with Crippen LogP contribution in [0.15, 0.2) is 52.5 Å². The van der Waals surface area contributed by atoms with Gasteiger partial charge < -0.3 is 5.32 Å². The molecule has 1 aromatic carbocycles. The summed E-state index contributed by atoms with van der Waals surface area (Å²) in [6, 6.07) is 11.9. The van der Waals surface area contributed by atoms with Crippen LogP contribution < -0.4 is 5.32 Å². The SMILES string of the molecule is O=C(Cc1csc(-c2ccsc2)n1)NCc1ccccc1. The summed E-state index contributed by atoms with van der Waals surface area (Å²) >= 11 is 3.23. The predicted molar refractivity (Wildman–Crippen MR) is 87.4 cm³/mol. The third-order valence-corrected chi connectivity index (χ3v) is 4.62. The predicted octanol–water partition coefficient (Wildman–Crippen LogP) is 3.73. The molecule has 0 aliphatic carbocycles. The fourth-order valence-electron chi connectivity index (χ4n) is 1.93. The number of rotatable bonds is 5. The summed E-state index contributed by atoms with van der Waals surface area (Å²) in [5, 5.41) is 9.95. The third kappa shape index (κ3) is 3.77. The first-order valence-electron chi connectivity index (χ1n) is 6.59. The van der Waals surface area contributed by atoms with Gasteiger partial charge in [-0.15, -0.1) is 11.3 Å². The number of thiophene rings is 1. The molecule has 0 atom stereocenters. The normalized spacial score (nSPS) is 10.5. The highest BCUT2D eigenvalue weighted by Crippen LogP contribution is 2.25. The number of thiazole rings is 1. The van der Waals surface area contributed by atoms with Crippen LogP contribution in [0, 0.1) is 0 Å². The molecule has 0 bridgehead atoms. The first kappa shape index (κ1) is 14.0. The van der Waals surface area contributed by atoms with Gasteiger partial charge >= 0.3 is 0 Å². The zero-order valence-electron chi connectivity index (χ0n) is 11.3. The summed E-state index contributed by atoms with van der Waals surface area (Å²) in [7, 11) is 0. The molecule has 0 aliphatic heterocycles. The summed E-state index contributed by atoms with van der Waals surface area (Å²) in [5.41, 5.74) is 3.05. The van der Waals surface area contributed by atoms with Gasteiger partial charge in [0.05, 0.1) is 12.1 Å². The maximum Gasteiger partial charge on any atom is 0.226 e. The minimum Gasteiger partial charge on any atom is -0.352 e. The van der Waals surface area contributed by atoms with Crippen molar-refractivity contribution in [3.05, 3.63) is 63.8 Å². The molecule has 3 aromatic rings.